The van der Waals surface area contributed by atoms with Crippen LogP contribution in [0.4, 0.5) is 0 Å². The van der Waals surface area contributed by atoms with Gasteiger partial charge in [-0.25, -0.2) is 0 Å². The van der Waals surface area contributed by atoms with Crippen LogP contribution in [-0.2, 0) is 4.79 Å². The average Bonchev–Trinajstić information content (AvgIpc) is 3.35. The summed E-state index contributed by atoms with van der Waals surface area (Å²) in [6, 6.07) is 8.04. The van der Waals surface area contributed by atoms with E-state index in [0.717, 1.165) is 61.0 Å². The molecule has 1 aromatic carbocycles. The summed E-state index contributed by atoms with van der Waals surface area (Å²) in [7, 11) is 0. The lowest BCUT2D eigenvalue weighted by Gasteiger charge is -2.33. The Kier molecular flexibility index (Phi) is 5.22. The van der Waals surface area contributed by atoms with Crippen molar-refractivity contribution in [2.75, 3.05) is 26.2 Å². The molecule has 2 atom stereocenters. The Morgan fingerprint density at radius 2 is 2.12 bits per heavy atom. The molecule has 4 rings (SSSR count). The molecule has 1 aromatic heterocycles. The molecule has 26 heavy (non-hydrogen) atoms. The van der Waals surface area contributed by atoms with Crippen LogP contribution >= 0.6 is 11.3 Å². The topological polar surface area (TPSA) is 61.4 Å². The Morgan fingerprint density at radius 1 is 1.23 bits per heavy atom. The number of hydrogen-bond acceptors (Lipinski definition) is 4. The smallest absolute Gasteiger partial charge is 0.255 e. The largest absolute Gasteiger partial charge is 0.354 e. The minimum Gasteiger partial charge on any atom is -0.354 e. The second-order valence-electron chi connectivity index (χ2n) is 7.30. The summed E-state index contributed by atoms with van der Waals surface area (Å²) in [5.41, 5.74) is 0.811. The molecule has 2 aromatic rings. The molecule has 2 fully saturated rings. The van der Waals surface area contributed by atoms with E-state index in [-0.39, 0.29) is 17.9 Å². The van der Waals surface area contributed by atoms with Crippen LogP contribution < -0.4 is 10.6 Å². The molecule has 0 aliphatic carbocycles. The highest BCUT2D eigenvalue weighted by Gasteiger charge is 2.27. The predicted octanol–water partition coefficient (Wildman–Crippen LogP) is 2.62. The molecule has 2 unspecified atom stereocenters. The van der Waals surface area contributed by atoms with Crippen LogP contribution in [0.5, 0.6) is 0 Å². The molecule has 2 aliphatic heterocycles. The second-order valence-corrected chi connectivity index (χ2v) is 8.21. The van der Waals surface area contributed by atoms with Gasteiger partial charge in [0.05, 0.1) is 11.6 Å². The number of nitrogens with zero attached hydrogens (tertiary/aromatic N) is 1. The normalized spacial score (nSPS) is 23.3. The van der Waals surface area contributed by atoms with E-state index in [1.54, 1.807) is 11.3 Å². The van der Waals surface area contributed by atoms with Crippen LogP contribution in [0.3, 0.4) is 0 Å². The fourth-order valence-corrected chi connectivity index (χ4v) is 4.94. The Balaban J connectivity index is 1.37. The zero-order chi connectivity index (χ0) is 17.9. The van der Waals surface area contributed by atoms with Crippen molar-refractivity contribution in [3.8, 4) is 0 Å². The summed E-state index contributed by atoms with van der Waals surface area (Å²) in [5, 5.41) is 9.33. The lowest BCUT2D eigenvalue weighted by atomic mass is 9.97. The van der Waals surface area contributed by atoms with E-state index in [0.29, 0.717) is 12.5 Å². The van der Waals surface area contributed by atoms with Gasteiger partial charge in [-0.05, 0) is 44.2 Å². The van der Waals surface area contributed by atoms with Crippen LogP contribution in [0.1, 0.15) is 36.0 Å². The van der Waals surface area contributed by atoms with Crippen molar-refractivity contribution in [2.24, 2.45) is 5.92 Å². The summed E-state index contributed by atoms with van der Waals surface area (Å²) in [6.07, 6.45) is 4.05. The second kappa shape index (κ2) is 7.76. The van der Waals surface area contributed by atoms with Gasteiger partial charge in [-0.2, -0.15) is 0 Å². The first kappa shape index (κ1) is 17.5. The highest BCUT2D eigenvalue weighted by molar-refractivity contribution is 7.17. The van der Waals surface area contributed by atoms with E-state index in [1.165, 1.54) is 0 Å². The van der Waals surface area contributed by atoms with Crippen molar-refractivity contribution in [1.82, 2.24) is 15.5 Å². The molecule has 2 amide bonds. The maximum Gasteiger partial charge on any atom is 0.255 e. The molecule has 6 heteroatoms. The van der Waals surface area contributed by atoms with E-state index < -0.39 is 0 Å². The summed E-state index contributed by atoms with van der Waals surface area (Å²) >= 11 is 1.62. The maximum absolute atomic E-state index is 13.0. The highest BCUT2D eigenvalue weighted by Crippen LogP contribution is 2.28. The minimum atomic E-state index is -0.0338. The van der Waals surface area contributed by atoms with Crippen molar-refractivity contribution in [1.29, 1.82) is 0 Å². The summed E-state index contributed by atoms with van der Waals surface area (Å²) in [6.45, 7) is 3.11. The number of likely N-dealkylation sites (tertiary alicyclic amines) is 1. The standard InChI is InChI=1S/C20H25N3O2S/c24-19(17-7-3-9-21-17)22-11-14-5-4-10-23(12-14)20(25)16-13-26-18-8-2-1-6-15(16)18/h1-2,6,8,13-14,17,21H,3-5,7,9-12H2,(H,22,24). The molecule has 5 nitrogen and oxygen atoms in total. The fourth-order valence-electron chi connectivity index (χ4n) is 4.01. The van der Waals surface area contributed by atoms with Crippen molar-refractivity contribution < 1.29 is 9.59 Å². The summed E-state index contributed by atoms with van der Waals surface area (Å²) in [5.74, 6) is 0.564. The van der Waals surface area contributed by atoms with E-state index >= 15 is 0 Å². The van der Waals surface area contributed by atoms with Crippen LogP contribution in [0.25, 0.3) is 10.1 Å². The number of amides is 2. The number of carbonyl (C=O) groups is 2. The highest BCUT2D eigenvalue weighted by atomic mass is 32.1. The van der Waals surface area contributed by atoms with Crippen LogP contribution in [0, 0.1) is 5.92 Å². The fraction of sp³-hybridized carbons (Fsp3) is 0.500. The zero-order valence-electron chi connectivity index (χ0n) is 14.9. The van der Waals surface area contributed by atoms with Gasteiger partial charge in [0.15, 0.2) is 0 Å². The first-order valence-electron chi connectivity index (χ1n) is 9.49. The number of hydrogen-bond donors (Lipinski definition) is 2. The van der Waals surface area contributed by atoms with E-state index in [9.17, 15) is 9.59 Å². The third kappa shape index (κ3) is 3.62. The van der Waals surface area contributed by atoms with E-state index in [1.807, 2.05) is 28.5 Å². The van der Waals surface area contributed by atoms with Crippen LogP contribution in [-0.4, -0.2) is 48.9 Å². The SMILES string of the molecule is O=C(NCC1CCCN(C(=O)c2csc3ccccc23)C1)C1CCCN1. The van der Waals surface area contributed by atoms with Crippen molar-refractivity contribution in [3.63, 3.8) is 0 Å². The molecule has 0 bridgehead atoms. The molecule has 0 radical (unpaired) electrons. The number of piperidine rings is 1. The number of rotatable bonds is 4. The van der Waals surface area contributed by atoms with Crippen molar-refractivity contribution >= 4 is 33.2 Å². The molecular weight excluding hydrogens is 346 g/mol. The average molecular weight is 372 g/mol. The number of benzene rings is 1. The van der Waals surface area contributed by atoms with Gasteiger partial charge in [-0.1, -0.05) is 18.2 Å². The predicted molar refractivity (Wildman–Crippen MR) is 104 cm³/mol. The molecular formula is C20H25N3O2S. The number of thiophene rings is 1. The molecule has 0 spiro atoms. The third-order valence-corrected chi connectivity index (χ3v) is 6.42. The van der Waals surface area contributed by atoms with Crippen LogP contribution in [0.15, 0.2) is 29.6 Å². The number of fused-ring (bicyclic) bond motifs is 1. The molecule has 2 N–H and O–H groups in total. The Bertz CT molecular complexity index is 797. The maximum atomic E-state index is 13.0. The number of carbonyl (C=O) groups excluding carboxylic acids is 2. The van der Waals surface area contributed by atoms with Gasteiger partial charge in [-0.15, -0.1) is 11.3 Å². The van der Waals surface area contributed by atoms with E-state index in [2.05, 4.69) is 16.7 Å². The molecule has 3 heterocycles. The molecule has 2 aliphatic rings. The lowest BCUT2D eigenvalue weighted by molar-refractivity contribution is -0.123. The zero-order valence-corrected chi connectivity index (χ0v) is 15.7. The van der Waals surface area contributed by atoms with Gasteiger partial charge in [0, 0.05) is 35.1 Å². The Labute approximate surface area is 157 Å². The van der Waals surface area contributed by atoms with Gasteiger partial charge in [0.2, 0.25) is 5.91 Å². The monoisotopic (exact) mass is 371 g/mol. The van der Waals surface area contributed by atoms with Gasteiger partial charge in [0.1, 0.15) is 0 Å². The first-order valence-corrected chi connectivity index (χ1v) is 10.4. The lowest BCUT2D eigenvalue weighted by Crippen LogP contribution is -2.46. The summed E-state index contributed by atoms with van der Waals surface area (Å²) in [4.78, 5) is 27.1. The molecule has 0 saturated carbocycles. The number of nitrogens with one attached hydrogen (secondary N) is 2. The Morgan fingerprint density at radius 3 is 2.96 bits per heavy atom. The Hall–Kier alpha value is -1.92. The quantitative estimate of drug-likeness (QED) is 0.869. The van der Waals surface area contributed by atoms with Crippen molar-refractivity contribution in [3.05, 3.63) is 35.2 Å². The first-order chi connectivity index (χ1) is 12.7. The van der Waals surface area contributed by atoms with Gasteiger partial charge < -0.3 is 15.5 Å². The van der Waals surface area contributed by atoms with Gasteiger partial charge >= 0.3 is 0 Å². The molecule has 138 valence electrons. The van der Waals surface area contributed by atoms with Crippen LogP contribution in [0.2, 0.25) is 0 Å². The molecule has 2 saturated heterocycles. The van der Waals surface area contributed by atoms with Gasteiger partial charge in [-0.3, -0.25) is 9.59 Å². The minimum absolute atomic E-state index is 0.0338. The van der Waals surface area contributed by atoms with Gasteiger partial charge in [0.25, 0.3) is 5.91 Å². The van der Waals surface area contributed by atoms with Crippen molar-refractivity contribution in [2.45, 2.75) is 31.7 Å². The summed E-state index contributed by atoms with van der Waals surface area (Å²) < 4.78 is 1.15. The third-order valence-electron chi connectivity index (χ3n) is 5.46. The van der Waals surface area contributed by atoms with E-state index in [4.69, 9.17) is 0 Å².